The molecule has 2 unspecified atom stereocenters. The fraction of sp³-hybridized carbons (Fsp3) is 0.650. The third-order valence-corrected chi connectivity index (χ3v) is 4.41. The van der Waals surface area contributed by atoms with Gasteiger partial charge in [0.25, 0.3) is 0 Å². The molecule has 0 radical (unpaired) electrons. The number of aliphatic hydroxyl groups excluding tert-OH is 2. The van der Waals surface area contributed by atoms with Crippen LogP contribution in [0.25, 0.3) is 0 Å². The van der Waals surface area contributed by atoms with Crippen molar-refractivity contribution >= 4 is 11.8 Å². The second kappa shape index (κ2) is 9.24. The molecule has 2 atom stereocenters. The summed E-state index contributed by atoms with van der Waals surface area (Å²) >= 11 is 0. The third-order valence-electron chi connectivity index (χ3n) is 4.41. The number of ether oxygens (including phenoxy) is 1. The standard InChI is InChI=1S/C20H32N2O4/c1-20(2,3)26-19(25)21-11-10-17(23)18(24)15-8-7-9-16(14-15)22-12-5-4-6-13-22/h7-9,14,17-18,23-24H,4-6,10-13H2,1-3H3,(H,21,25). The van der Waals surface area contributed by atoms with Gasteiger partial charge in [0, 0.05) is 25.3 Å². The maximum Gasteiger partial charge on any atom is 0.407 e. The number of benzene rings is 1. The second-order valence-electron chi connectivity index (χ2n) is 7.87. The van der Waals surface area contributed by atoms with E-state index in [2.05, 4.69) is 10.2 Å². The zero-order chi connectivity index (χ0) is 19.2. The van der Waals surface area contributed by atoms with E-state index in [9.17, 15) is 15.0 Å². The van der Waals surface area contributed by atoms with Gasteiger partial charge in [-0.2, -0.15) is 0 Å². The van der Waals surface area contributed by atoms with Crippen molar-refractivity contribution in [1.29, 1.82) is 0 Å². The molecule has 1 aromatic carbocycles. The van der Waals surface area contributed by atoms with E-state index in [-0.39, 0.29) is 13.0 Å². The van der Waals surface area contributed by atoms with Crippen LogP contribution in [-0.4, -0.2) is 47.6 Å². The first-order valence-corrected chi connectivity index (χ1v) is 9.44. The first kappa shape index (κ1) is 20.5. The van der Waals surface area contributed by atoms with Gasteiger partial charge in [0.1, 0.15) is 11.7 Å². The normalized spacial score (nSPS) is 17.5. The van der Waals surface area contributed by atoms with Gasteiger partial charge in [-0.05, 0) is 64.2 Å². The van der Waals surface area contributed by atoms with Gasteiger partial charge in [-0.3, -0.25) is 0 Å². The van der Waals surface area contributed by atoms with E-state index < -0.39 is 23.9 Å². The molecule has 1 aromatic rings. The molecule has 0 aliphatic carbocycles. The number of anilines is 1. The van der Waals surface area contributed by atoms with Gasteiger partial charge in [-0.15, -0.1) is 0 Å². The molecule has 6 nitrogen and oxygen atoms in total. The van der Waals surface area contributed by atoms with Crippen LogP contribution in [0.2, 0.25) is 0 Å². The molecule has 0 aromatic heterocycles. The number of nitrogens with zero attached hydrogens (tertiary/aromatic N) is 1. The molecule has 2 rings (SSSR count). The molecule has 6 heteroatoms. The quantitative estimate of drug-likeness (QED) is 0.723. The average Bonchev–Trinajstić information content (AvgIpc) is 2.60. The van der Waals surface area contributed by atoms with Crippen molar-refractivity contribution in [2.45, 2.75) is 64.3 Å². The van der Waals surface area contributed by atoms with Gasteiger partial charge in [0.15, 0.2) is 0 Å². The maximum atomic E-state index is 11.6. The zero-order valence-electron chi connectivity index (χ0n) is 16.1. The van der Waals surface area contributed by atoms with Crippen LogP contribution in [0.3, 0.4) is 0 Å². The first-order chi connectivity index (χ1) is 12.3. The first-order valence-electron chi connectivity index (χ1n) is 9.44. The Morgan fingerprint density at radius 3 is 2.58 bits per heavy atom. The monoisotopic (exact) mass is 364 g/mol. The van der Waals surface area contributed by atoms with Crippen LogP contribution in [0.1, 0.15) is 58.1 Å². The highest BCUT2D eigenvalue weighted by Gasteiger charge is 2.21. The minimum atomic E-state index is -0.986. The Hall–Kier alpha value is -1.79. The van der Waals surface area contributed by atoms with E-state index in [0.717, 1.165) is 18.8 Å². The highest BCUT2D eigenvalue weighted by Crippen LogP contribution is 2.26. The molecular formula is C20H32N2O4. The van der Waals surface area contributed by atoms with Crippen LogP contribution < -0.4 is 10.2 Å². The molecule has 26 heavy (non-hydrogen) atoms. The molecule has 0 spiro atoms. The Morgan fingerprint density at radius 1 is 1.23 bits per heavy atom. The molecular weight excluding hydrogens is 332 g/mol. The lowest BCUT2D eigenvalue weighted by molar-refractivity contribution is 0.0123. The van der Waals surface area contributed by atoms with Crippen molar-refractivity contribution in [3.63, 3.8) is 0 Å². The summed E-state index contributed by atoms with van der Waals surface area (Å²) in [4.78, 5) is 13.9. The molecule has 0 bridgehead atoms. The number of alkyl carbamates (subject to hydrolysis) is 1. The van der Waals surface area contributed by atoms with Crippen molar-refractivity contribution in [2.24, 2.45) is 0 Å². The highest BCUT2D eigenvalue weighted by molar-refractivity contribution is 5.67. The molecule has 1 aliphatic heterocycles. The van der Waals surface area contributed by atoms with Crippen molar-refractivity contribution in [3.05, 3.63) is 29.8 Å². The summed E-state index contributed by atoms with van der Waals surface area (Å²) in [5.74, 6) is 0. The summed E-state index contributed by atoms with van der Waals surface area (Å²) in [6, 6.07) is 7.72. The van der Waals surface area contributed by atoms with Gasteiger partial charge in [0.05, 0.1) is 6.10 Å². The van der Waals surface area contributed by atoms with Crippen molar-refractivity contribution in [3.8, 4) is 0 Å². The van der Waals surface area contributed by atoms with Gasteiger partial charge < -0.3 is 25.2 Å². The van der Waals surface area contributed by atoms with E-state index in [0.29, 0.717) is 5.56 Å². The molecule has 1 aliphatic rings. The van der Waals surface area contributed by atoms with E-state index >= 15 is 0 Å². The van der Waals surface area contributed by atoms with Crippen molar-refractivity contribution < 1.29 is 19.7 Å². The number of aliphatic hydroxyl groups is 2. The number of piperidine rings is 1. The molecule has 1 heterocycles. The summed E-state index contributed by atoms with van der Waals surface area (Å²) in [5, 5.41) is 23.3. The maximum absolute atomic E-state index is 11.6. The SMILES string of the molecule is CC(C)(C)OC(=O)NCCC(O)C(O)c1cccc(N2CCCCC2)c1. The third kappa shape index (κ3) is 6.50. The van der Waals surface area contributed by atoms with Crippen LogP contribution in [0, 0.1) is 0 Å². The minimum absolute atomic E-state index is 0.235. The van der Waals surface area contributed by atoms with Crippen LogP contribution >= 0.6 is 0 Å². The second-order valence-corrected chi connectivity index (χ2v) is 7.87. The summed E-state index contributed by atoms with van der Waals surface area (Å²) in [7, 11) is 0. The zero-order valence-corrected chi connectivity index (χ0v) is 16.1. The topological polar surface area (TPSA) is 82.0 Å². The number of rotatable bonds is 6. The summed E-state index contributed by atoms with van der Waals surface area (Å²) in [6.45, 7) is 7.67. The molecule has 1 fully saturated rings. The Kier molecular flexibility index (Phi) is 7.29. The van der Waals surface area contributed by atoms with Crippen molar-refractivity contribution in [1.82, 2.24) is 5.32 Å². The Morgan fingerprint density at radius 2 is 1.92 bits per heavy atom. The van der Waals surface area contributed by atoms with Gasteiger partial charge in [-0.1, -0.05) is 12.1 Å². The lowest BCUT2D eigenvalue weighted by Crippen LogP contribution is -2.34. The Balaban J connectivity index is 1.85. The van der Waals surface area contributed by atoms with E-state index in [4.69, 9.17) is 4.74 Å². The smallest absolute Gasteiger partial charge is 0.407 e. The molecule has 3 N–H and O–H groups in total. The minimum Gasteiger partial charge on any atom is -0.444 e. The number of hydrogen-bond donors (Lipinski definition) is 3. The Labute approximate surface area is 156 Å². The van der Waals surface area contributed by atoms with E-state index in [1.807, 2.05) is 24.3 Å². The number of carbonyl (C=O) groups is 1. The predicted octanol–water partition coefficient (Wildman–Crippen LogP) is 2.99. The fourth-order valence-electron chi connectivity index (χ4n) is 3.07. The van der Waals surface area contributed by atoms with Gasteiger partial charge in [-0.25, -0.2) is 4.79 Å². The molecule has 1 saturated heterocycles. The molecule has 1 amide bonds. The van der Waals surface area contributed by atoms with Gasteiger partial charge in [0.2, 0.25) is 0 Å². The van der Waals surface area contributed by atoms with E-state index in [1.54, 1.807) is 20.8 Å². The van der Waals surface area contributed by atoms with Crippen LogP contribution in [-0.2, 0) is 4.74 Å². The van der Waals surface area contributed by atoms with Crippen LogP contribution in [0.15, 0.2) is 24.3 Å². The number of amides is 1. The number of nitrogens with one attached hydrogen (secondary N) is 1. The predicted molar refractivity (Wildman–Crippen MR) is 102 cm³/mol. The number of hydrogen-bond acceptors (Lipinski definition) is 5. The van der Waals surface area contributed by atoms with Gasteiger partial charge >= 0.3 is 6.09 Å². The summed E-state index contributed by atoms with van der Waals surface area (Å²) < 4.78 is 5.15. The van der Waals surface area contributed by atoms with Crippen LogP contribution in [0.4, 0.5) is 10.5 Å². The summed E-state index contributed by atoms with van der Waals surface area (Å²) in [5.41, 5.74) is 1.22. The lowest BCUT2D eigenvalue weighted by atomic mass is 10.0. The highest BCUT2D eigenvalue weighted by atomic mass is 16.6. The summed E-state index contributed by atoms with van der Waals surface area (Å²) in [6.07, 6.45) is 1.42. The fourth-order valence-corrected chi connectivity index (χ4v) is 3.07. The molecule has 146 valence electrons. The molecule has 0 saturated carbocycles. The Bertz CT molecular complexity index is 579. The van der Waals surface area contributed by atoms with E-state index in [1.165, 1.54) is 19.3 Å². The van der Waals surface area contributed by atoms with Crippen LogP contribution in [0.5, 0.6) is 0 Å². The number of carbonyl (C=O) groups excluding carboxylic acids is 1. The lowest BCUT2D eigenvalue weighted by Gasteiger charge is -2.29. The van der Waals surface area contributed by atoms with Crippen molar-refractivity contribution in [2.75, 3.05) is 24.5 Å². The largest absolute Gasteiger partial charge is 0.444 e. The average molecular weight is 364 g/mol.